The van der Waals surface area contributed by atoms with E-state index in [1.165, 1.54) is 38.6 Å². The summed E-state index contributed by atoms with van der Waals surface area (Å²) < 4.78 is 0. The van der Waals surface area contributed by atoms with Gasteiger partial charge in [-0.05, 0) is 36.8 Å². The van der Waals surface area contributed by atoms with Crippen LogP contribution in [0.4, 0.5) is 5.82 Å². The molecule has 1 aromatic rings. The lowest BCUT2D eigenvalue weighted by atomic mass is 9.75. The predicted octanol–water partition coefficient (Wildman–Crippen LogP) is 2.73. The number of rotatable bonds is 2. The molecule has 1 aliphatic heterocycles. The van der Waals surface area contributed by atoms with E-state index in [-0.39, 0.29) is 0 Å². The van der Waals surface area contributed by atoms with Crippen LogP contribution in [0.25, 0.3) is 0 Å². The van der Waals surface area contributed by atoms with E-state index in [4.69, 9.17) is 18.0 Å². The molecule has 2 heterocycles. The monoisotopic (exact) mass is 275 g/mol. The summed E-state index contributed by atoms with van der Waals surface area (Å²) >= 11 is 4.96. The molecule has 1 saturated carbocycles. The quantitative estimate of drug-likeness (QED) is 0.843. The van der Waals surface area contributed by atoms with Crippen LogP contribution in [-0.4, -0.2) is 23.1 Å². The van der Waals surface area contributed by atoms with Crippen molar-refractivity contribution in [2.45, 2.75) is 32.1 Å². The van der Waals surface area contributed by atoms with Crippen molar-refractivity contribution < 1.29 is 0 Å². The highest BCUT2D eigenvalue weighted by Crippen LogP contribution is 2.37. The van der Waals surface area contributed by atoms with Gasteiger partial charge < -0.3 is 10.6 Å². The third kappa shape index (κ3) is 2.73. The molecule has 0 radical (unpaired) electrons. The molecule has 0 bridgehead atoms. The van der Waals surface area contributed by atoms with E-state index in [1.807, 2.05) is 6.07 Å². The van der Waals surface area contributed by atoms with E-state index in [0.717, 1.165) is 29.8 Å². The van der Waals surface area contributed by atoms with Crippen LogP contribution in [0.15, 0.2) is 18.3 Å². The molecular formula is C15H21N3S. The standard InChI is InChI=1S/C15H21N3S/c16-15(19)12-5-6-14(17-9-12)18-8-7-11-3-1-2-4-13(11)10-18/h5-6,9,11,13H,1-4,7-8,10H2,(H2,16,19). The molecule has 1 aliphatic carbocycles. The summed E-state index contributed by atoms with van der Waals surface area (Å²) in [6, 6.07) is 4.04. The lowest BCUT2D eigenvalue weighted by molar-refractivity contribution is 0.202. The van der Waals surface area contributed by atoms with Gasteiger partial charge in [0.25, 0.3) is 0 Å². The van der Waals surface area contributed by atoms with E-state index in [9.17, 15) is 0 Å². The number of aromatic nitrogens is 1. The molecule has 2 fully saturated rings. The summed E-state index contributed by atoms with van der Waals surface area (Å²) in [6.07, 6.45) is 8.79. The molecule has 1 saturated heterocycles. The number of thiocarbonyl (C=S) groups is 1. The van der Waals surface area contributed by atoms with Gasteiger partial charge in [-0.15, -0.1) is 0 Å². The SMILES string of the molecule is NC(=S)c1ccc(N2CCC3CCCCC3C2)nc1. The number of pyridine rings is 1. The van der Waals surface area contributed by atoms with Crippen molar-refractivity contribution in [3.8, 4) is 0 Å². The smallest absolute Gasteiger partial charge is 0.128 e. The molecule has 2 N–H and O–H groups in total. The first kappa shape index (κ1) is 12.9. The van der Waals surface area contributed by atoms with Crippen molar-refractivity contribution in [2.75, 3.05) is 18.0 Å². The van der Waals surface area contributed by atoms with E-state index in [2.05, 4.69) is 16.0 Å². The Morgan fingerprint density at radius 1 is 1.21 bits per heavy atom. The lowest BCUT2D eigenvalue weighted by Gasteiger charge is -2.41. The second-order valence-corrected chi connectivity index (χ2v) is 6.25. The van der Waals surface area contributed by atoms with Gasteiger partial charge in [0, 0.05) is 24.8 Å². The number of nitrogens with zero attached hydrogens (tertiary/aromatic N) is 2. The normalized spacial score (nSPS) is 26.8. The Labute approximate surface area is 120 Å². The van der Waals surface area contributed by atoms with Crippen LogP contribution < -0.4 is 10.6 Å². The van der Waals surface area contributed by atoms with Gasteiger partial charge >= 0.3 is 0 Å². The molecule has 3 nitrogen and oxygen atoms in total. The molecule has 1 aromatic heterocycles. The maximum atomic E-state index is 5.61. The number of fused-ring (bicyclic) bond motifs is 1. The predicted molar refractivity (Wildman–Crippen MR) is 82.4 cm³/mol. The van der Waals surface area contributed by atoms with E-state index in [1.54, 1.807) is 6.20 Å². The fourth-order valence-corrected chi connectivity index (χ4v) is 3.65. The average molecular weight is 275 g/mol. The minimum absolute atomic E-state index is 0.421. The third-order valence-corrected chi connectivity index (χ3v) is 4.88. The lowest BCUT2D eigenvalue weighted by Crippen LogP contribution is -2.42. The maximum absolute atomic E-state index is 5.61. The van der Waals surface area contributed by atoms with E-state index >= 15 is 0 Å². The Balaban J connectivity index is 1.70. The summed E-state index contributed by atoms with van der Waals surface area (Å²) in [5.74, 6) is 2.91. The van der Waals surface area contributed by atoms with Crippen molar-refractivity contribution in [3.05, 3.63) is 23.9 Å². The zero-order valence-corrected chi connectivity index (χ0v) is 12.0. The third-order valence-electron chi connectivity index (χ3n) is 4.65. The first-order chi connectivity index (χ1) is 9.24. The fourth-order valence-electron chi connectivity index (χ4n) is 3.53. The Kier molecular flexibility index (Phi) is 3.69. The highest BCUT2D eigenvalue weighted by Gasteiger charge is 2.31. The van der Waals surface area contributed by atoms with Gasteiger partial charge in [0.1, 0.15) is 10.8 Å². The van der Waals surface area contributed by atoms with E-state index in [0.29, 0.717) is 4.99 Å². The number of hydrogen-bond acceptors (Lipinski definition) is 3. The van der Waals surface area contributed by atoms with Gasteiger partial charge in [-0.1, -0.05) is 31.5 Å². The van der Waals surface area contributed by atoms with Crippen LogP contribution >= 0.6 is 12.2 Å². The molecule has 0 aromatic carbocycles. The van der Waals surface area contributed by atoms with Crippen molar-refractivity contribution in [3.63, 3.8) is 0 Å². The molecule has 2 atom stereocenters. The molecule has 0 amide bonds. The Morgan fingerprint density at radius 3 is 2.68 bits per heavy atom. The maximum Gasteiger partial charge on any atom is 0.128 e. The number of hydrogen-bond donors (Lipinski definition) is 1. The molecule has 102 valence electrons. The minimum atomic E-state index is 0.421. The fraction of sp³-hybridized carbons (Fsp3) is 0.600. The van der Waals surface area contributed by atoms with Gasteiger partial charge in [-0.3, -0.25) is 0 Å². The Morgan fingerprint density at radius 2 is 2.00 bits per heavy atom. The minimum Gasteiger partial charge on any atom is -0.389 e. The van der Waals surface area contributed by atoms with Crippen molar-refractivity contribution in [2.24, 2.45) is 17.6 Å². The van der Waals surface area contributed by atoms with Gasteiger partial charge in [0.2, 0.25) is 0 Å². The number of anilines is 1. The summed E-state index contributed by atoms with van der Waals surface area (Å²) in [5, 5.41) is 0. The molecule has 3 rings (SSSR count). The second-order valence-electron chi connectivity index (χ2n) is 5.81. The van der Waals surface area contributed by atoms with Crippen molar-refractivity contribution >= 4 is 23.0 Å². The van der Waals surface area contributed by atoms with E-state index < -0.39 is 0 Å². The first-order valence-corrected chi connectivity index (χ1v) is 7.65. The molecule has 2 unspecified atom stereocenters. The number of piperidine rings is 1. The number of nitrogens with two attached hydrogens (primary N) is 1. The zero-order valence-electron chi connectivity index (χ0n) is 11.2. The topological polar surface area (TPSA) is 42.1 Å². The van der Waals surface area contributed by atoms with Crippen LogP contribution in [0.3, 0.4) is 0 Å². The van der Waals surface area contributed by atoms with Crippen LogP contribution in [0.1, 0.15) is 37.7 Å². The molecule has 4 heteroatoms. The van der Waals surface area contributed by atoms with Crippen LogP contribution in [0.5, 0.6) is 0 Å². The molecular weight excluding hydrogens is 254 g/mol. The summed E-state index contributed by atoms with van der Waals surface area (Å²) in [6.45, 7) is 2.31. The Hall–Kier alpha value is -1.16. The van der Waals surface area contributed by atoms with Gasteiger partial charge in [-0.2, -0.15) is 0 Å². The first-order valence-electron chi connectivity index (χ1n) is 7.25. The zero-order chi connectivity index (χ0) is 13.2. The molecule has 0 spiro atoms. The Bertz CT molecular complexity index is 457. The van der Waals surface area contributed by atoms with Gasteiger partial charge in [0.15, 0.2) is 0 Å². The summed E-state index contributed by atoms with van der Waals surface area (Å²) in [5.41, 5.74) is 6.46. The summed E-state index contributed by atoms with van der Waals surface area (Å²) in [4.78, 5) is 7.37. The van der Waals surface area contributed by atoms with Crippen LogP contribution in [0, 0.1) is 11.8 Å². The summed E-state index contributed by atoms with van der Waals surface area (Å²) in [7, 11) is 0. The highest BCUT2D eigenvalue weighted by atomic mass is 32.1. The van der Waals surface area contributed by atoms with Crippen LogP contribution in [-0.2, 0) is 0 Å². The van der Waals surface area contributed by atoms with Crippen molar-refractivity contribution in [1.29, 1.82) is 0 Å². The molecule has 19 heavy (non-hydrogen) atoms. The van der Waals surface area contributed by atoms with Gasteiger partial charge in [-0.25, -0.2) is 4.98 Å². The highest BCUT2D eigenvalue weighted by molar-refractivity contribution is 7.80. The van der Waals surface area contributed by atoms with Crippen molar-refractivity contribution in [1.82, 2.24) is 4.98 Å². The average Bonchev–Trinajstić information content (AvgIpc) is 2.47. The second kappa shape index (κ2) is 5.45. The van der Waals surface area contributed by atoms with Crippen LogP contribution in [0.2, 0.25) is 0 Å². The molecule has 2 aliphatic rings. The largest absolute Gasteiger partial charge is 0.389 e. The van der Waals surface area contributed by atoms with Gasteiger partial charge in [0.05, 0.1) is 0 Å².